The van der Waals surface area contributed by atoms with Crippen LogP contribution in [0, 0.1) is 5.92 Å². The molecule has 19 heavy (non-hydrogen) atoms. The van der Waals surface area contributed by atoms with E-state index in [1.54, 1.807) is 6.20 Å². The molecule has 2 rings (SSSR count). The van der Waals surface area contributed by atoms with Crippen LogP contribution in [0.2, 0.25) is 0 Å². The minimum Gasteiger partial charge on any atom is -0.480 e. The third kappa shape index (κ3) is 4.20. The summed E-state index contributed by atoms with van der Waals surface area (Å²) in [6.07, 6.45) is 3.83. The first-order valence-corrected chi connectivity index (χ1v) is 7.11. The summed E-state index contributed by atoms with van der Waals surface area (Å²) in [5, 5.41) is 14.3. The average Bonchev–Trinajstić information content (AvgIpc) is 2.98. The van der Waals surface area contributed by atoms with Crippen molar-refractivity contribution in [2.75, 3.05) is 13.1 Å². The Morgan fingerprint density at radius 2 is 2.37 bits per heavy atom. The molecule has 104 valence electrons. The molecule has 0 aliphatic heterocycles. The molecule has 1 aliphatic carbocycles. The van der Waals surface area contributed by atoms with Gasteiger partial charge in [0.2, 0.25) is 0 Å². The van der Waals surface area contributed by atoms with Crippen LogP contribution in [0.3, 0.4) is 0 Å². The quantitative estimate of drug-likeness (QED) is 0.832. The van der Waals surface area contributed by atoms with E-state index in [4.69, 9.17) is 5.11 Å². The SMILES string of the molecule is CC(NC(=O)N(CC(=O)O)CC1CC1)c1nccs1. The van der Waals surface area contributed by atoms with Crippen LogP contribution in [-0.4, -0.2) is 40.1 Å². The molecule has 0 radical (unpaired) electrons. The van der Waals surface area contributed by atoms with Crippen molar-refractivity contribution >= 4 is 23.3 Å². The Morgan fingerprint density at radius 3 is 2.89 bits per heavy atom. The van der Waals surface area contributed by atoms with Crippen molar-refractivity contribution in [1.82, 2.24) is 15.2 Å². The Kier molecular flexibility index (Phi) is 4.36. The topological polar surface area (TPSA) is 82.5 Å². The van der Waals surface area contributed by atoms with Gasteiger partial charge in [0.05, 0.1) is 6.04 Å². The molecule has 1 fully saturated rings. The largest absolute Gasteiger partial charge is 0.480 e. The van der Waals surface area contributed by atoms with Crippen LogP contribution in [0.4, 0.5) is 4.79 Å². The van der Waals surface area contributed by atoms with Gasteiger partial charge in [0.1, 0.15) is 11.6 Å². The number of carboxylic acids is 1. The van der Waals surface area contributed by atoms with Crippen LogP contribution in [0.5, 0.6) is 0 Å². The van der Waals surface area contributed by atoms with Crippen LogP contribution in [0.1, 0.15) is 30.8 Å². The van der Waals surface area contributed by atoms with Crippen LogP contribution in [0.25, 0.3) is 0 Å². The molecule has 6 nitrogen and oxygen atoms in total. The highest BCUT2D eigenvalue weighted by molar-refractivity contribution is 7.09. The number of urea groups is 1. The zero-order valence-corrected chi connectivity index (χ0v) is 11.5. The number of aliphatic carboxylic acids is 1. The molecule has 0 aromatic carbocycles. The van der Waals surface area contributed by atoms with E-state index in [9.17, 15) is 9.59 Å². The van der Waals surface area contributed by atoms with Crippen molar-refractivity contribution in [3.63, 3.8) is 0 Å². The van der Waals surface area contributed by atoms with E-state index >= 15 is 0 Å². The molecule has 0 saturated heterocycles. The molecule has 2 N–H and O–H groups in total. The second-order valence-electron chi connectivity index (χ2n) is 4.76. The molecule has 2 amide bonds. The Hall–Kier alpha value is -1.63. The summed E-state index contributed by atoms with van der Waals surface area (Å²) >= 11 is 1.46. The van der Waals surface area contributed by atoms with E-state index < -0.39 is 5.97 Å². The van der Waals surface area contributed by atoms with Crippen molar-refractivity contribution in [1.29, 1.82) is 0 Å². The Bertz CT molecular complexity index is 445. The number of rotatable bonds is 6. The summed E-state index contributed by atoms with van der Waals surface area (Å²) in [4.78, 5) is 28.4. The lowest BCUT2D eigenvalue weighted by atomic mass is 10.3. The fraction of sp³-hybridized carbons (Fsp3) is 0.583. The van der Waals surface area contributed by atoms with Crippen LogP contribution >= 0.6 is 11.3 Å². The third-order valence-electron chi connectivity index (χ3n) is 2.95. The molecule has 1 unspecified atom stereocenters. The fourth-order valence-electron chi connectivity index (χ4n) is 1.78. The highest BCUT2D eigenvalue weighted by atomic mass is 32.1. The summed E-state index contributed by atoms with van der Waals surface area (Å²) < 4.78 is 0. The van der Waals surface area contributed by atoms with E-state index in [1.165, 1.54) is 16.2 Å². The molecule has 0 spiro atoms. The second-order valence-corrected chi connectivity index (χ2v) is 5.69. The predicted octanol–water partition coefficient (Wildman–Crippen LogP) is 1.71. The predicted molar refractivity (Wildman–Crippen MR) is 71.0 cm³/mol. The average molecular weight is 283 g/mol. The molecular weight excluding hydrogens is 266 g/mol. The Morgan fingerprint density at radius 1 is 1.63 bits per heavy atom. The lowest BCUT2D eigenvalue weighted by Crippen LogP contribution is -2.44. The summed E-state index contributed by atoms with van der Waals surface area (Å²) in [6.45, 7) is 2.10. The monoisotopic (exact) mass is 283 g/mol. The van der Waals surface area contributed by atoms with Gasteiger partial charge in [0.15, 0.2) is 0 Å². The van der Waals surface area contributed by atoms with E-state index in [0.717, 1.165) is 17.8 Å². The number of hydrogen-bond donors (Lipinski definition) is 2. The highest BCUT2D eigenvalue weighted by Gasteiger charge is 2.28. The number of carboxylic acid groups (broad SMARTS) is 1. The highest BCUT2D eigenvalue weighted by Crippen LogP contribution is 2.29. The van der Waals surface area contributed by atoms with E-state index in [1.807, 2.05) is 12.3 Å². The van der Waals surface area contributed by atoms with Crippen molar-refractivity contribution in [2.24, 2.45) is 5.92 Å². The summed E-state index contributed by atoms with van der Waals surface area (Å²) in [6, 6.07) is -0.542. The molecule has 1 heterocycles. The smallest absolute Gasteiger partial charge is 0.323 e. The van der Waals surface area contributed by atoms with Gasteiger partial charge < -0.3 is 15.3 Å². The number of nitrogens with one attached hydrogen (secondary N) is 1. The standard InChI is InChI=1S/C12H17N3O3S/c1-8(11-13-4-5-19-11)14-12(18)15(7-10(16)17)6-9-2-3-9/h4-5,8-9H,2-3,6-7H2,1H3,(H,14,18)(H,16,17). The van der Waals surface area contributed by atoms with Crippen molar-refractivity contribution < 1.29 is 14.7 Å². The molecule has 1 atom stereocenters. The van der Waals surface area contributed by atoms with Gasteiger partial charge >= 0.3 is 12.0 Å². The number of carbonyl (C=O) groups excluding carboxylic acids is 1. The van der Waals surface area contributed by atoms with Gasteiger partial charge in [-0.1, -0.05) is 0 Å². The number of carbonyl (C=O) groups is 2. The molecule has 1 aromatic heterocycles. The van der Waals surface area contributed by atoms with Crippen LogP contribution < -0.4 is 5.32 Å². The van der Waals surface area contributed by atoms with Crippen LogP contribution in [0.15, 0.2) is 11.6 Å². The Balaban J connectivity index is 1.92. The van der Waals surface area contributed by atoms with Crippen molar-refractivity contribution in [3.8, 4) is 0 Å². The van der Waals surface area contributed by atoms with Crippen molar-refractivity contribution in [3.05, 3.63) is 16.6 Å². The number of hydrogen-bond acceptors (Lipinski definition) is 4. The maximum Gasteiger partial charge on any atom is 0.323 e. The molecular formula is C12H17N3O3S. The number of aromatic nitrogens is 1. The maximum absolute atomic E-state index is 12.1. The number of amides is 2. The van der Waals surface area contributed by atoms with Gasteiger partial charge in [-0.05, 0) is 25.7 Å². The summed E-state index contributed by atoms with van der Waals surface area (Å²) in [7, 11) is 0. The molecule has 7 heteroatoms. The lowest BCUT2D eigenvalue weighted by Gasteiger charge is -2.23. The summed E-state index contributed by atoms with van der Waals surface area (Å²) in [5.41, 5.74) is 0. The van der Waals surface area contributed by atoms with Gasteiger partial charge in [-0.2, -0.15) is 0 Å². The van der Waals surface area contributed by atoms with Gasteiger partial charge in [0.25, 0.3) is 0 Å². The first-order valence-electron chi connectivity index (χ1n) is 6.23. The molecule has 1 saturated carbocycles. The lowest BCUT2D eigenvalue weighted by molar-refractivity contribution is -0.137. The summed E-state index contributed by atoms with van der Waals surface area (Å²) in [5.74, 6) is -0.530. The zero-order chi connectivity index (χ0) is 13.8. The first-order chi connectivity index (χ1) is 9.06. The normalized spacial score (nSPS) is 15.8. The van der Waals surface area contributed by atoms with Gasteiger partial charge in [-0.15, -0.1) is 11.3 Å². The second kappa shape index (κ2) is 6.01. The van der Waals surface area contributed by atoms with E-state index in [0.29, 0.717) is 12.5 Å². The third-order valence-corrected chi connectivity index (χ3v) is 3.91. The van der Waals surface area contributed by atoms with Gasteiger partial charge in [0, 0.05) is 18.1 Å². The Labute approximate surface area is 115 Å². The van der Waals surface area contributed by atoms with Gasteiger partial charge in [-0.3, -0.25) is 4.79 Å². The fourth-order valence-corrected chi connectivity index (χ4v) is 2.43. The van der Waals surface area contributed by atoms with Crippen molar-refractivity contribution in [2.45, 2.75) is 25.8 Å². The van der Waals surface area contributed by atoms with Crippen LogP contribution in [-0.2, 0) is 4.79 Å². The number of nitrogens with zero attached hydrogens (tertiary/aromatic N) is 2. The van der Waals surface area contributed by atoms with E-state index in [-0.39, 0.29) is 18.6 Å². The maximum atomic E-state index is 12.1. The minimum atomic E-state index is -0.988. The molecule has 1 aromatic rings. The first kappa shape index (κ1) is 13.8. The zero-order valence-electron chi connectivity index (χ0n) is 10.7. The molecule has 0 bridgehead atoms. The number of thiazole rings is 1. The molecule has 1 aliphatic rings. The van der Waals surface area contributed by atoms with Gasteiger partial charge in [-0.25, -0.2) is 9.78 Å². The minimum absolute atomic E-state index is 0.206. The van der Waals surface area contributed by atoms with E-state index in [2.05, 4.69) is 10.3 Å².